The van der Waals surface area contributed by atoms with Gasteiger partial charge in [-0.2, -0.15) is 0 Å². The Kier molecular flexibility index (Phi) is 6.84. The molecule has 2 fully saturated rings. The highest BCUT2D eigenvalue weighted by Gasteiger charge is 2.32. The van der Waals surface area contributed by atoms with E-state index in [1.54, 1.807) is 24.3 Å². The van der Waals surface area contributed by atoms with Crippen molar-refractivity contribution in [1.29, 1.82) is 0 Å². The van der Waals surface area contributed by atoms with Crippen molar-refractivity contribution in [2.24, 2.45) is 5.92 Å². The van der Waals surface area contributed by atoms with Gasteiger partial charge in [0.2, 0.25) is 15.9 Å². The minimum Gasteiger partial charge on any atom is -0.372 e. The highest BCUT2D eigenvalue weighted by molar-refractivity contribution is 7.88. The highest BCUT2D eigenvalue weighted by Crippen LogP contribution is 2.25. The molecule has 0 aromatic heterocycles. The molecule has 2 saturated heterocycles. The topological polar surface area (TPSA) is 69.7 Å². The first kappa shape index (κ1) is 22.1. The molecule has 2 aliphatic heterocycles. The fourth-order valence-corrected chi connectivity index (χ4v) is 6.12. The van der Waals surface area contributed by atoms with Crippen LogP contribution in [0, 0.1) is 5.92 Å². The van der Waals surface area contributed by atoms with Crippen molar-refractivity contribution in [3.05, 3.63) is 59.1 Å². The molecule has 1 amide bonds. The van der Waals surface area contributed by atoms with Crippen molar-refractivity contribution in [3.8, 4) is 0 Å². The van der Waals surface area contributed by atoms with Crippen molar-refractivity contribution < 1.29 is 13.2 Å². The molecule has 6 nitrogen and oxygen atoms in total. The lowest BCUT2D eigenvalue weighted by Crippen LogP contribution is -2.44. The minimum atomic E-state index is -3.52. The Morgan fingerprint density at radius 1 is 1.03 bits per heavy atom. The van der Waals surface area contributed by atoms with E-state index in [4.69, 9.17) is 11.6 Å². The third-order valence-corrected chi connectivity index (χ3v) is 8.04. The van der Waals surface area contributed by atoms with Gasteiger partial charge in [-0.05, 0) is 67.6 Å². The second-order valence-electron chi connectivity index (χ2n) is 8.31. The number of hydrogen-bond acceptors (Lipinski definition) is 4. The van der Waals surface area contributed by atoms with Crippen molar-refractivity contribution in [2.45, 2.75) is 31.4 Å². The van der Waals surface area contributed by atoms with Crippen molar-refractivity contribution in [1.82, 2.24) is 4.31 Å². The molecule has 1 unspecified atom stereocenters. The Morgan fingerprint density at radius 2 is 1.77 bits per heavy atom. The largest absolute Gasteiger partial charge is 0.372 e. The zero-order chi connectivity index (χ0) is 21.8. The summed E-state index contributed by atoms with van der Waals surface area (Å²) < 4.78 is 27.2. The van der Waals surface area contributed by atoms with Crippen LogP contribution in [0.5, 0.6) is 0 Å². The molecule has 0 aliphatic carbocycles. The Hall–Kier alpha value is -2.09. The Labute approximate surface area is 189 Å². The fourth-order valence-electron chi connectivity index (χ4n) is 4.31. The second-order valence-corrected chi connectivity index (χ2v) is 10.7. The number of piperidine rings is 1. The molecule has 2 aromatic carbocycles. The summed E-state index contributed by atoms with van der Waals surface area (Å²) in [6.45, 7) is 2.80. The molecule has 2 aliphatic rings. The number of carbonyl (C=O) groups is 1. The number of benzene rings is 2. The average Bonchev–Trinajstić information content (AvgIpc) is 3.29. The number of hydrogen-bond donors (Lipinski definition) is 1. The summed E-state index contributed by atoms with van der Waals surface area (Å²) >= 11 is 5.98. The van der Waals surface area contributed by atoms with Crippen molar-refractivity contribution in [2.75, 3.05) is 36.4 Å². The molecule has 2 heterocycles. The van der Waals surface area contributed by atoms with E-state index in [2.05, 4.69) is 10.2 Å². The maximum Gasteiger partial charge on any atom is 0.228 e. The summed E-state index contributed by atoms with van der Waals surface area (Å²) in [6, 6.07) is 14.8. The zero-order valence-electron chi connectivity index (χ0n) is 17.5. The van der Waals surface area contributed by atoms with Gasteiger partial charge in [0.15, 0.2) is 0 Å². The quantitative estimate of drug-likeness (QED) is 0.702. The van der Waals surface area contributed by atoms with Crippen molar-refractivity contribution >= 4 is 38.9 Å². The van der Waals surface area contributed by atoms with Crippen LogP contribution in [-0.4, -0.2) is 44.8 Å². The third kappa shape index (κ3) is 5.59. The van der Waals surface area contributed by atoms with Crippen LogP contribution < -0.4 is 10.2 Å². The summed E-state index contributed by atoms with van der Waals surface area (Å²) in [6.07, 6.45) is 3.79. The molecule has 8 heteroatoms. The van der Waals surface area contributed by atoms with Crippen LogP contribution in [-0.2, 0) is 20.6 Å². The monoisotopic (exact) mass is 461 g/mol. The van der Waals surface area contributed by atoms with Crippen LogP contribution in [0.3, 0.4) is 0 Å². The van der Waals surface area contributed by atoms with Gasteiger partial charge < -0.3 is 10.2 Å². The number of sulfonamides is 1. The van der Waals surface area contributed by atoms with E-state index in [1.165, 1.54) is 22.8 Å². The van der Waals surface area contributed by atoms with Gasteiger partial charge in [-0.1, -0.05) is 23.7 Å². The number of rotatable bonds is 6. The summed E-state index contributed by atoms with van der Waals surface area (Å²) in [5, 5.41) is 3.48. The third-order valence-electron chi connectivity index (χ3n) is 5.99. The number of halogens is 1. The van der Waals surface area contributed by atoms with E-state index in [0.717, 1.165) is 18.8 Å². The van der Waals surface area contributed by atoms with E-state index in [1.807, 2.05) is 24.3 Å². The van der Waals surface area contributed by atoms with E-state index in [0.29, 0.717) is 30.0 Å². The molecule has 1 atom stereocenters. The molecule has 0 radical (unpaired) electrons. The highest BCUT2D eigenvalue weighted by atomic mass is 35.5. The Morgan fingerprint density at radius 3 is 2.48 bits per heavy atom. The van der Waals surface area contributed by atoms with Crippen LogP contribution in [0.2, 0.25) is 5.02 Å². The maximum atomic E-state index is 12.9. The number of carbonyl (C=O) groups excluding carboxylic acids is 1. The van der Waals surface area contributed by atoms with Gasteiger partial charge in [0, 0.05) is 42.6 Å². The van der Waals surface area contributed by atoms with Gasteiger partial charge in [0.1, 0.15) is 0 Å². The molecular weight excluding hydrogens is 434 g/mol. The van der Waals surface area contributed by atoms with E-state index in [-0.39, 0.29) is 24.1 Å². The van der Waals surface area contributed by atoms with Gasteiger partial charge in [-0.25, -0.2) is 12.7 Å². The molecule has 0 saturated carbocycles. The molecule has 2 aromatic rings. The molecule has 1 N–H and O–H groups in total. The molecule has 4 rings (SSSR count). The standard InChI is InChI=1S/C23H28ClN3O3S/c24-20-7-3-5-18(15-20)17-31(29,30)27-14-4-6-19(16-27)23(28)25-21-8-10-22(11-9-21)26-12-1-2-13-26/h3,5,7-11,15,19H,1-2,4,6,12-14,16-17H2,(H,25,28). The number of nitrogens with one attached hydrogen (secondary N) is 1. The van der Waals surface area contributed by atoms with Crippen LogP contribution in [0.1, 0.15) is 31.2 Å². The molecule has 31 heavy (non-hydrogen) atoms. The van der Waals surface area contributed by atoms with Crippen molar-refractivity contribution in [3.63, 3.8) is 0 Å². The van der Waals surface area contributed by atoms with Crippen LogP contribution in [0.4, 0.5) is 11.4 Å². The first-order valence-corrected chi connectivity index (χ1v) is 12.8. The maximum absolute atomic E-state index is 12.9. The average molecular weight is 462 g/mol. The predicted octanol–water partition coefficient (Wildman–Crippen LogP) is 4.12. The van der Waals surface area contributed by atoms with E-state index < -0.39 is 10.0 Å². The lowest BCUT2D eigenvalue weighted by Gasteiger charge is -2.31. The normalized spacial score (nSPS) is 20.0. The Balaban J connectivity index is 1.36. The predicted molar refractivity (Wildman–Crippen MR) is 125 cm³/mol. The van der Waals surface area contributed by atoms with E-state index >= 15 is 0 Å². The van der Waals surface area contributed by atoms with Crippen LogP contribution in [0.25, 0.3) is 0 Å². The fraction of sp³-hybridized carbons (Fsp3) is 0.435. The molecule has 0 spiro atoms. The minimum absolute atomic E-state index is 0.111. The van der Waals surface area contributed by atoms with E-state index in [9.17, 15) is 13.2 Å². The first-order chi connectivity index (χ1) is 14.9. The van der Waals surface area contributed by atoms with Gasteiger partial charge in [0.25, 0.3) is 0 Å². The Bertz CT molecular complexity index is 1020. The second kappa shape index (κ2) is 9.59. The summed E-state index contributed by atoms with van der Waals surface area (Å²) in [4.78, 5) is 15.2. The van der Waals surface area contributed by atoms with Gasteiger partial charge in [-0.3, -0.25) is 4.79 Å². The lowest BCUT2D eigenvalue weighted by molar-refractivity contribution is -0.120. The SMILES string of the molecule is O=C(Nc1ccc(N2CCCC2)cc1)C1CCCN(S(=O)(=O)Cc2cccc(Cl)c2)C1. The summed E-state index contributed by atoms with van der Waals surface area (Å²) in [5.74, 6) is -0.599. The van der Waals surface area contributed by atoms with Crippen LogP contribution in [0.15, 0.2) is 48.5 Å². The molecule has 0 bridgehead atoms. The summed E-state index contributed by atoms with van der Waals surface area (Å²) in [7, 11) is -3.52. The first-order valence-electron chi connectivity index (χ1n) is 10.8. The molecular formula is C23H28ClN3O3S. The number of amides is 1. The molecule has 166 valence electrons. The number of anilines is 2. The lowest BCUT2D eigenvalue weighted by atomic mass is 9.98. The zero-order valence-corrected chi connectivity index (χ0v) is 19.0. The van der Waals surface area contributed by atoms with Gasteiger partial charge in [-0.15, -0.1) is 0 Å². The summed E-state index contributed by atoms with van der Waals surface area (Å²) in [5.41, 5.74) is 2.57. The van der Waals surface area contributed by atoms with Gasteiger partial charge in [0.05, 0.1) is 11.7 Å². The smallest absolute Gasteiger partial charge is 0.228 e. The van der Waals surface area contributed by atoms with Crippen LogP contribution >= 0.6 is 11.6 Å². The van der Waals surface area contributed by atoms with Gasteiger partial charge >= 0.3 is 0 Å². The number of nitrogens with zero attached hydrogens (tertiary/aromatic N) is 2.